The molecule has 6 nitrogen and oxygen atoms in total. The Morgan fingerprint density at radius 2 is 1.69 bits per heavy atom. The van der Waals surface area contributed by atoms with Crippen LogP contribution in [-0.2, 0) is 13.0 Å². The number of nitrogens with zero attached hydrogens (tertiary/aromatic N) is 2. The lowest BCUT2D eigenvalue weighted by Crippen LogP contribution is -2.25. The molecule has 1 amide bonds. The molecule has 0 unspecified atom stereocenters. The Bertz CT molecular complexity index is 1240. The number of para-hydroxylation sites is 2. The molecule has 0 aliphatic rings. The molecule has 0 aliphatic heterocycles. The number of nitrogens with one attached hydrogen (secondary N) is 1. The van der Waals surface area contributed by atoms with Gasteiger partial charge in [-0.3, -0.25) is 4.79 Å². The molecule has 0 saturated heterocycles. The minimum absolute atomic E-state index is 0.199. The molecule has 1 aromatic heterocycles. The zero-order valence-electron chi connectivity index (χ0n) is 19.9. The Kier molecular flexibility index (Phi) is 8.33. The van der Waals surface area contributed by atoms with Crippen LogP contribution in [-0.4, -0.2) is 35.7 Å². The van der Waals surface area contributed by atoms with Gasteiger partial charge in [0.15, 0.2) is 0 Å². The number of ether oxygens (including phenoxy) is 2. The van der Waals surface area contributed by atoms with Crippen LogP contribution in [0.3, 0.4) is 0 Å². The van der Waals surface area contributed by atoms with E-state index in [1.54, 1.807) is 7.11 Å². The fourth-order valence-electron chi connectivity index (χ4n) is 3.95. The summed E-state index contributed by atoms with van der Waals surface area (Å²) in [7, 11) is 1.65. The maximum Gasteiger partial charge on any atom is 0.251 e. The summed E-state index contributed by atoms with van der Waals surface area (Å²) in [6.45, 7) is 2.02. The summed E-state index contributed by atoms with van der Waals surface area (Å²) >= 11 is 0. The van der Waals surface area contributed by atoms with Gasteiger partial charge in [-0.05, 0) is 79.9 Å². The number of hydrogen-bond acceptors (Lipinski definition) is 4. The van der Waals surface area contributed by atoms with Crippen molar-refractivity contribution in [2.75, 3.05) is 20.3 Å². The maximum atomic E-state index is 13.1. The smallest absolute Gasteiger partial charge is 0.251 e. The molecule has 0 aliphatic carbocycles. The van der Waals surface area contributed by atoms with Gasteiger partial charge >= 0.3 is 0 Å². The number of methoxy groups -OCH3 is 1. The van der Waals surface area contributed by atoms with Gasteiger partial charge < -0.3 is 19.4 Å². The highest BCUT2D eigenvalue weighted by atomic mass is 19.1. The van der Waals surface area contributed by atoms with Crippen LogP contribution in [0.4, 0.5) is 4.39 Å². The third-order valence-electron chi connectivity index (χ3n) is 5.81. The minimum atomic E-state index is -0.354. The zero-order chi connectivity index (χ0) is 24.5. The highest BCUT2D eigenvalue weighted by Crippen LogP contribution is 2.19. The molecule has 0 atom stereocenters. The van der Waals surface area contributed by atoms with Crippen molar-refractivity contribution in [3.63, 3.8) is 0 Å². The molecule has 4 aromatic rings. The van der Waals surface area contributed by atoms with Crippen LogP contribution < -0.4 is 14.8 Å². The van der Waals surface area contributed by atoms with Gasteiger partial charge in [-0.15, -0.1) is 0 Å². The van der Waals surface area contributed by atoms with Gasteiger partial charge in [0.1, 0.15) is 23.1 Å². The summed E-state index contributed by atoms with van der Waals surface area (Å²) in [6.07, 6.45) is 3.40. The van der Waals surface area contributed by atoms with Crippen molar-refractivity contribution in [1.29, 1.82) is 0 Å². The summed E-state index contributed by atoms with van der Waals surface area (Å²) in [4.78, 5) is 17.1. The standard InChI is InChI=1S/C28H30FN3O3/c1-34-23-14-16-24(17-15-23)35-20-5-4-19-32-26-8-3-2-7-25(26)31-27(32)9-6-18-30-28(33)21-10-12-22(29)13-11-21/h2-3,7-8,10-17H,4-6,9,18-20H2,1H3,(H,30,33). The molecule has 1 N–H and O–H groups in total. The Morgan fingerprint density at radius 1 is 0.943 bits per heavy atom. The van der Waals surface area contributed by atoms with E-state index in [1.165, 1.54) is 24.3 Å². The van der Waals surface area contributed by atoms with E-state index in [-0.39, 0.29) is 11.7 Å². The number of halogens is 1. The topological polar surface area (TPSA) is 65.4 Å². The molecule has 0 spiro atoms. The first-order valence-electron chi connectivity index (χ1n) is 11.9. The molecule has 182 valence electrons. The molecule has 0 radical (unpaired) electrons. The van der Waals surface area contributed by atoms with Crippen LogP contribution in [0.2, 0.25) is 0 Å². The number of carbonyl (C=O) groups excluding carboxylic acids is 1. The number of imidazole rings is 1. The number of amides is 1. The normalized spacial score (nSPS) is 10.9. The summed E-state index contributed by atoms with van der Waals surface area (Å²) in [6, 6.07) is 21.3. The van der Waals surface area contributed by atoms with E-state index in [0.717, 1.165) is 60.6 Å². The van der Waals surface area contributed by atoms with Crippen molar-refractivity contribution in [3.05, 3.63) is 90.0 Å². The average molecular weight is 476 g/mol. The molecule has 1 heterocycles. The Labute approximate surface area is 204 Å². The summed E-state index contributed by atoms with van der Waals surface area (Å²) in [5, 5.41) is 2.90. The highest BCUT2D eigenvalue weighted by molar-refractivity contribution is 5.94. The second-order valence-corrected chi connectivity index (χ2v) is 8.27. The van der Waals surface area contributed by atoms with Crippen LogP contribution in [0, 0.1) is 5.82 Å². The van der Waals surface area contributed by atoms with Crippen molar-refractivity contribution in [2.24, 2.45) is 0 Å². The molecule has 3 aromatic carbocycles. The second kappa shape index (κ2) is 12.0. The van der Waals surface area contributed by atoms with Crippen LogP contribution in [0.15, 0.2) is 72.8 Å². The first kappa shape index (κ1) is 24.3. The largest absolute Gasteiger partial charge is 0.497 e. The van der Waals surface area contributed by atoms with Crippen molar-refractivity contribution >= 4 is 16.9 Å². The molecule has 7 heteroatoms. The molecule has 0 fully saturated rings. The predicted molar refractivity (Wildman–Crippen MR) is 135 cm³/mol. The lowest BCUT2D eigenvalue weighted by atomic mass is 10.2. The van der Waals surface area contributed by atoms with Crippen molar-refractivity contribution in [3.8, 4) is 11.5 Å². The third-order valence-corrected chi connectivity index (χ3v) is 5.81. The summed E-state index contributed by atoms with van der Waals surface area (Å²) in [5.41, 5.74) is 2.55. The minimum Gasteiger partial charge on any atom is -0.497 e. The second-order valence-electron chi connectivity index (χ2n) is 8.27. The van der Waals surface area contributed by atoms with Crippen LogP contribution in [0.5, 0.6) is 11.5 Å². The van der Waals surface area contributed by atoms with Crippen LogP contribution in [0.1, 0.15) is 35.4 Å². The van der Waals surface area contributed by atoms with Crippen molar-refractivity contribution in [2.45, 2.75) is 32.2 Å². The third kappa shape index (κ3) is 6.59. The zero-order valence-corrected chi connectivity index (χ0v) is 19.9. The van der Waals surface area contributed by atoms with Gasteiger partial charge in [-0.2, -0.15) is 0 Å². The van der Waals surface area contributed by atoms with Crippen molar-refractivity contribution < 1.29 is 18.7 Å². The first-order valence-corrected chi connectivity index (χ1v) is 11.9. The van der Waals surface area contributed by atoms with Gasteiger partial charge in [-0.1, -0.05) is 12.1 Å². The van der Waals surface area contributed by atoms with E-state index in [0.29, 0.717) is 18.7 Å². The number of fused-ring (bicyclic) bond motifs is 1. The van der Waals surface area contributed by atoms with Gasteiger partial charge in [0, 0.05) is 25.1 Å². The Morgan fingerprint density at radius 3 is 2.46 bits per heavy atom. The number of aryl methyl sites for hydroxylation is 2. The molecular weight excluding hydrogens is 445 g/mol. The molecular formula is C28H30FN3O3. The molecule has 0 bridgehead atoms. The van der Waals surface area contributed by atoms with Gasteiger partial charge in [0.2, 0.25) is 0 Å². The Hall–Kier alpha value is -3.87. The Balaban J connectivity index is 1.27. The van der Waals surface area contributed by atoms with E-state index >= 15 is 0 Å². The quantitative estimate of drug-likeness (QED) is 0.279. The van der Waals surface area contributed by atoms with Crippen molar-refractivity contribution in [1.82, 2.24) is 14.9 Å². The molecule has 0 saturated carbocycles. The number of hydrogen-bond donors (Lipinski definition) is 1. The number of carbonyl (C=O) groups is 1. The van der Waals surface area contributed by atoms with Crippen LogP contribution in [0.25, 0.3) is 11.0 Å². The lowest BCUT2D eigenvalue weighted by molar-refractivity contribution is 0.0953. The number of rotatable bonds is 12. The number of unbranched alkanes of at least 4 members (excludes halogenated alkanes) is 1. The van der Waals surface area contributed by atoms with E-state index < -0.39 is 0 Å². The summed E-state index contributed by atoms with van der Waals surface area (Å²) < 4.78 is 26.3. The fourth-order valence-corrected chi connectivity index (χ4v) is 3.95. The van der Waals surface area contributed by atoms with Crippen LogP contribution >= 0.6 is 0 Å². The van der Waals surface area contributed by atoms with E-state index in [4.69, 9.17) is 14.5 Å². The van der Waals surface area contributed by atoms with Gasteiger partial charge in [0.25, 0.3) is 5.91 Å². The lowest BCUT2D eigenvalue weighted by Gasteiger charge is -2.11. The fraction of sp³-hybridized carbons (Fsp3) is 0.286. The average Bonchev–Trinajstić information content (AvgIpc) is 3.24. The first-order chi connectivity index (χ1) is 17.1. The number of aromatic nitrogens is 2. The van der Waals surface area contributed by atoms with Gasteiger partial charge in [0.05, 0.1) is 24.8 Å². The SMILES string of the molecule is COc1ccc(OCCCCn2c(CCCNC(=O)c3ccc(F)cc3)nc3ccccc32)cc1. The predicted octanol–water partition coefficient (Wildman–Crippen LogP) is 5.41. The maximum absolute atomic E-state index is 13.1. The molecule has 35 heavy (non-hydrogen) atoms. The van der Waals surface area contributed by atoms with E-state index in [2.05, 4.69) is 16.0 Å². The van der Waals surface area contributed by atoms with E-state index in [1.807, 2.05) is 42.5 Å². The molecule has 4 rings (SSSR count). The summed E-state index contributed by atoms with van der Waals surface area (Å²) in [5.74, 6) is 2.11. The monoisotopic (exact) mass is 475 g/mol. The van der Waals surface area contributed by atoms with E-state index in [9.17, 15) is 9.18 Å². The van der Waals surface area contributed by atoms with Gasteiger partial charge in [-0.25, -0.2) is 9.37 Å². The number of benzene rings is 3. The highest BCUT2D eigenvalue weighted by Gasteiger charge is 2.11.